The maximum atomic E-state index is 11.6. The third kappa shape index (κ3) is 3.54. The molecule has 4 nitrogen and oxygen atoms in total. The average molecular weight is 201 g/mol. The van der Waals surface area contributed by atoms with Crippen LogP contribution in [0.25, 0.3) is 0 Å². The molecule has 0 aromatic heterocycles. The first-order valence-corrected chi connectivity index (χ1v) is 5.04. The van der Waals surface area contributed by atoms with E-state index in [0.717, 1.165) is 12.8 Å². The Hall–Kier alpha value is -0.770. The molecule has 0 heterocycles. The molecule has 1 aliphatic rings. The number of nitrogens with zero attached hydrogens (tertiary/aromatic N) is 1. The number of rotatable bonds is 3. The fourth-order valence-corrected chi connectivity index (χ4v) is 1.24. The molecular weight excluding hydrogens is 182 g/mol. The zero-order valence-electron chi connectivity index (χ0n) is 9.12. The Morgan fingerprint density at radius 3 is 2.43 bits per heavy atom. The molecule has 0 unspecified atom stereocenters. The van der Waals surface area contributed by atoms with Crippen molar-refractivity contribution in [3.8, 4) is 0 Å². The van der Waals surface area contributed by atoms with Crippen LogP contribution >= 0.6 is 0 Å². The monoisotopic (exact) mass is 201 g/mol. The zero-order valence-corrected chi connectivity index (χ0v) is 9.12. The van der Waals surface area contributed by atoms with Gasteiger partial charge in [0, 0.05) is 12.6 Å². The van der Waals surface area contributed by atoms with Crippen LogP contribution in [0.1, 0.15) is 33.6 Å². The van der Waals surface area contributed by atoms with Crippen LogP contribution in [0.15, 0.2) is 0 Å². The smallest absolute Gasteiger partial charge is 0.410 e. The Morgan fingerprint density at radius 2 is 2.07 bits per heavy atom. The summed E-state index contributed by atoms with van der Waals surface area (Å²) in [6, 6.07) is 0.289. The molecule has 0 spiro atoms. The molecule has 1 N–H and O–H groups in total. The summed E-state index contributed by atoms with van der Waals surface area (Å²) in [4.78, 5) is 13.2. The van der Waals surface area contributed by atoms with E-state index in [0.29, 0.717) is 6.54 Å². The summed E-state index contributed by atoms with van der Waals surface area (Å²) in [5, 5.41) is 8.81. The van der Waals surface area contributed by atoms with Gasteiger partial charge in [-0.1, -0.05) is 0 Å². The number of carbonyl (C=O) groups excluding carboxylic acids is 1. The van der Waals surface area contributed by atoms with Gasteiger partial charge in [0.2, 0.25) is 0 Å². The lowest BCUT2D eigenvalue weighted by Gasteiger charge is -2.26. The van der Waals surface area contributed by atoms with Gasteiger partial charge in [0.1, 0.15) is 5.60 Å². The Morgan fingerprint density at radius 1 is 1.50 bits per heavy atom. The number of amides is 1. The summed E-state index contributed by atoms with van der Waals surface area (Å²) < 4.78 is 5.23. The summed E-state index contributed by atoms with van der Waals surface area (Å²) >= 11 is 0. The highest BCUT2D eigenvalue weighted by atomic mass is 16.6. The molecule has 0 bridgehead atoms. The minimum absolute atomic E-state index is 0.00422. The third-order valence-electron chi connectivity index (χ3n) is 1.96. The first-order chi connectivity index (χ1) is 6.44. The highest BCUT2D eigenvalue weighted by Crippen LogP contribution is 2.27. The molecule has 0 aromatic carbocycles. The van der Waals surface area contributed by atoms with Crippen molar-refractivity contribution in [3.63, 3.8) is 0 Å². The van der Waals surface area contributed by atoms with Crippen molar-refractivity contribution in [1.82, 2.24) is 4.90 Å². The van der Waals surface area contributed by atoms with Crippen molar-refractivity contribution in [3.05, 3.63) is 0 Å². The SMILES string of the molecule is CC(C)(C)OC(=O)N(CCO)C1CC1. The van der Waals surface area contributed by atoms with Gasteiger partial charge < -0.3 is 14.7 Å². The van der Waals surface area contributed by atoms with E-state index in [4.69, 9.17) is 9.84 Å². The van der Waals surface area contributed by atoms with Crippen molar-refractivity contribution >= 4 is 6.09 Å². The lowest BCUT2D eigenvalue weighted by Crippen LogP contribution is -2.39. The van der Waals surface area contributed by atoms with Gasteiger partial charge >= 0.3 is 6.09 Å². The van der Waals surface area contributed by atoms with Gasteiger partial charge in [-0.25, -0.2) is 4.79 Å². The molecule has 14 heavy (non-hydrogen) atoms. The molecule has 0 aromatic rings. The van der Waals surface area contributed by atoms with Gasteiger partial charge in [-0.05, 0) is 33.6 Å². The van der Waals surface area contributed by atoms with Crippen molar-refractivity contribution < 1.29 is 14.6 Å². The quantitative estimate of drug-likeness (QED) is 0.750. The number of hydrogen-bond donors (Lipinski definition) is 1. The average Bonchev–Trinajstić information content (AvgIpc) is 2.78. The Kier molecular flexibility index (Phi) is 3.37. The van der Waals surface area contributed by atoms with Gasteiger partial charge in [-0.3, -0.25) is 0 Å². The van der Waals surface area contributed by atoms with Crippen molar-refractivity contribution in [2.75, 3.05) is 13.2 Å². The molecule has 82 valence electrons. The molecule has 0 atom stereocenters. The van der Waals surface area contributed by atoms with Crippen LogP contribution in [0, 0.1) is 0 Å². The molecular formula is C10H19NO3. The summed E-state index contributed by atoms with van der Waals surface area (Å²) in [6.07, 6.45) is 1.74. The first-order valence-electron chi connectivity index (χ1n) is 5.04. The summed E-state index contributed by atoms with van der Waals surface area (Å²) in [5.41, 5.74) is -0.459. The van der Waals surface area contributed by atoms with Gasteiger partial charge in [0.05, 0.1) is 6.61 Å². The maximum absolute atomic E-state index is 11.6. The van der Waals surface area contributed by atoms with Crippen LogP contribution in [0.4, 0.5) is 4.79 Å². The van der Waals surface area contributed by atoms with E-state index < -0.39 is 5.60 Å². The number of ether oxygens (including phenoxy) is 1. The molecule has 0 saturated heterocycles. The minimum Gasteiger partial charge on any atom is -0.444 e. The third-order valence-corrected chi connectivity index (χ3v) is 1.96. The number of hydrogen-bond acceptors (Lipinski definition) is 3. The van der Waals surface area contributed by atoms with Crippen LogP contribution < -0.4 is 0 Å². The molecule has 4 heteroatoms. The van der Waals surface area contributed by atoms with Crippen molar-refractivity contribution in [2.45, 2.75) is 45.3 Å². The van der Waals surface area contributed by atoms with Crippen molar-refractivity contribution in [1.29, 1.82) is 0 Å². The van der Waals surface area contributed by atoms with Crippen molar-refractivity contribution in [2.24, 2.45) is 0 Å². The van der Waals surface area contributed by atoms with Gasteiger partial charge in [0.15, 0.2) is 0 Å². The summed E-state index contributed by atoms with van der Waals surface area (Å²) in [5.74, 6) is 0. The van der Waals surface area contributed by atoms with Crippen LogP contribution in [0.5, 0.6) is 0 Å². The standard InChI is InChI=1S/C10H19NO3/c1-10(2,3)14-9(13)11(6-7-12)8-4-5-8/h8,12H,4-7H2,1-3H3. The number of carbonyl (C=O) groups is 1. The molecule has 1 fully saturated rings. The van der Waals surface area contributed by atoms with Crippen LogP contribution in [0.2, 0.25) is 0 Å². The fraction of sp³-hybridized carbons (Fsp3) is 0.900. The molecule has 1 amide bonds. The number of aliphatic hydroxyl groups excluding tert-OH is 1. The predicted octanol–water partition coefficient (Wildman–Crippen LogP) is 1.38. The lowest BCUT2D eigenvalue weighted by atomic mass is 10.2. The van der Waals surface area contributed by atoms with Crippen LogP contribution in [-0.4, -0.2) is 40.9 Å². The largest absolute Gasteiger partial charge is 0.444 e. The Labute approximate surface area is 84.8 Å². The summed E-state index contributed by atoms with van der Waals surface area (Å²) in [6.45, 7) is 5.90. The highest BCUT2D eigenvalue weighted by molar-refractivity contribution is 5.69. The molecule has 1 aliphatic carbocycles. The predicted molar refractivity (Wildman–Crippen MR) is 53.0 cm³/mol. The molecule has 1 saturated carbocycles. The van der Waals surface area contributed by atoms with E-state index in [1.165, 1.54) is 0 Å². The van der Waals surface area contributed by atoms with Gasteiger partial charge in [0.25, 0.3) is 0 Å². The van der Waals surface area contributed by atoms with E-state index in [1.54, 1.807) is 4.90 Å². The normalized spacial score (nSPS) is 16.6. The van der Waals surface area contributed by atoms with E-state index >= 15 is 0 Å². The van der Waals surface area contributed by atoms with E-state index in [2.05, 4.69) is 0 Å². The minimum atomic E-state index is -0.459. The zero-order chi connectivity index (χ0) is 10.8. The number of aliphatic hydroxyl groups is 1. The molecule has 1 rings (SSSR count). The molecule has 0 aliphatic heterocycles. The van der Waals surface area contributed by atoms with Crippen LogP contribution in [-0.2, 0) is 4.74 Å². The highest BCUT2D eigenvalue weighted by Gasteiger charge is 2.34. The lowest BCUT2D eigenvalue weighted by molar-refractivity contribution is 0.0202. The van der Waals surface area contributed by atoms with E-state index in [1.807, 2.05) is 20.8 Å². The summed E-state index contributed by atoms with van der Waals surface area (Å²) in [7, 11) is 0. The van der Waals surface area contributed by atoms with Crippen LogP contribution in [0.3, 0.4) is 0 Å². The van der Waals surface area contributed by atoms with E-state index in [9.17, 15) is 4.79 Å². The Bertz CT molecular complexity index is 206. The van der Waals surface area contributed by atoms with Gasteiger partial charge in [-0.15, -0.1) is 0 Å². The molecule has 0 radical (unpaired) electrons. The second kappa shape index (κ2) is 4.17. The second-order valence-corrected chi connectivity index (χ2v) is 4.63. The maximum Gasteiger partial charge on any atom is 0.410 e. The topological polar surface area (TPSA) is 49.8 Å². The first kappa shape index (κ1) is 11.3. The Balaban J connectivity index is 2.46. The van der Waals surface area contributed by atoms with Gasteiger partial charge in [-0.2, -0.15) is 0 Å². The fourth-order valence-electron chi connectivity index (χ4n) is 1.24. The second-order valence-electron chi connectivity index (χ2n) is 4.63. The van der Waals surface area contributed by atoms with E-state index in [-0.39, 0.29) is 18.7 Å².